The van der Waals surface area contributed by atoms with E-state index in [9.17, 15) is 19.2 Å². The Kier molecular flexibility index (Phi) is 8.06. The van der Waals surface area contributed by atoms with Crippen molar-refractivity contribution in [2.75, 3.05) is 18.5 Å². The SMILES string of the molecule is CCOC(=O)c1ccc(NC(=O)C(=O)N/N=C/c2ccccc2OCC(=O)O)cc1. The van der Waals surface area contributed by atoms with Gasteiger partial charge in [-0.1, -0.05) is 12.1 Å². The first-order valence-corrected chi connectivity index (χ1v) is 8.76. The van der Waals surface area contributed by atoms with E-state index in [4.69, 9.17) is 14.6 Å². The van der Waals surface area contributed by atoms with E-state index in [1.54, 1.807) is 31.2 Å². The number of carboxylic acids is 1. The molecule has 2 aromatic rings. The molecule has 0 unspecified atom stereocenters. The molecule has 2 aromatic carbocycles. The quantitative estimate of drug-likeness (QED) is 0.257. The maximum atomic E-state index is 11.9. The first-order chi connectivity index (χ1) is 14.4. The Bertz CT molecular complexity index is 955. The summed E-state index contributed by atoms with van der Waals surface area (Å²) in [6.07, 6.45) is 1.22. The molecular weight excluding hydrogens is 394 g/mol. The fraction of sp³-hybridized carbons (Fsp3) is 0.150. The molecule has 0 aliphatic heterocycles. The second-order valence-electron chi connectivity index (χ2n) is 5.67. The molecule has 10 heteroatoms. The molecule has 0 saturated carbocycles. The summed E-state index contributed by atoms with van der Waals surface area (Å²) in [7, 11) is 0. The second-order valence-corrected chi connectivity index (χ2v) is 5.67. The summed E-state index contributed by atoms with van der Waals surface area (Å²) in [6, 6.07) is 12.3. The zero-order valence-corrected chi connectivity index (χ0v) is 16.0. The van der Waals surface area contributed by atoms with Crippen LogP contribution < -0.4 is 15.5 Å². The van der Waals surface area contributed by atoms with Gasteiger partial charge in [0, 0.05) is 11.3 Å². The Morgan fingerprint density at radius 1 is 1.03 bits per heavy atom. The Morgan fingerprint density at radius 3 is 2.40 bits per heavy atom. The predicted octanol–water partition coefficient (Wildman–Crippen LogP) is 1.42. The number of aliphatic carboxylic acids is 1. The molecule has 0 atom stereocenters. The van der Waals surface area contributed by atoms with Gasteiger partial charge in [-0.25, -0.2) is 15.0 Å². The van der Waals surface area contributed by atoms with Crippen LogP contribution in [0, 0.1) is 0 Å². The van der Waals surface area contributed by atoms with Crippen LogP contribution in [0.15, 0.2) is 53.6 Å². The predicted molar refractivity (Wildman–Crippen MR) is 106 cm³/mol. The summed E-state index contributed by atoms with van der Waals surface area (Å²) in [5.41, 5.74) is 3.09. The molecule has 0 radical (unpaired) electrons. The smallest absolute Gasteiger partial charge is 0.341 e. The van der Waals surface area contributed by atoms with Crippen molar-refractivity contribution in [3.8, 4) is 5.75 Å². The molecule has 0 fully saturated rings. The number of para-hydroxylation sites is 1. The van der Waals surface area contributed by atoms with Gasteiger partial charge in [-0.05, 0) is 43.3 Å². The van der Waals surface area contributed by atoms with Gasteiger partial charge in [0.05, 0.1) is 18.4 Å². The first kappa shape index (κ1) is 22.1. The molecule has 0 saturated heterocycles. The minimum Gasteiger partial charge on any atom is -0.481 e. The Morgan fingerprint density at radius 2 is 1.73 bits per heavy atom. The van der Waals surface area contributed by atoms with Crippen LogP contribution in [0.1, 0.15) is 22.8 Å². The van der Waals surface area contributed by atoms with E-state index < -0.39 is 30.4 Å². The lowest BCUT2D eigenvalue weighted by Gasteiger charge is -2.07. The third-order valence-corrected chi connectivity index (χ3v) is 3.50. The molecule has 0 heterocycles. The topological polar surface area (TPSA) is 143 Å². The van der Waals surface area contributed by atoms with Crippen molar-refractivity contribution in [2.24, 2.45) is 5.10 Å². The molecule has 0 aromatic heterocycles. The summed E-state index contributed by atoms with van der Waals surface area (Å²) < 4.78 is 9.97. The van der Waals surface area contributed by atoms with Crippen LogP contribution in [0.25, 0.3) is 0 Å². The number of rotatable bonds is 8. The molecule has 2 amide bonds. The van der Waals surface area contributed by atoms with Crippen LogP contribution in [-0.4, -0.2) is 48.3 Å². The van der Waals surface area contributed by atoms with E-state index in [1.807, 2.05) is 0 Å². The highest BCUT2D eigenvalue weighted by Crippen LogP contribution is 2.15. The monoisotopic (exact) mass is 413 g/mol. The van der Waals surface area contributed by atoms with Crippen molar-refractivity contribution in [2.45, 2.75) is 6.92 Å². The molecule has 2 rings (SSSR count). The van der Waals surface area contributed by atoms with E-state index in [1.165, 1.54) is 30.5 Å². The molecule has 0 aliphatic rings. The minimum absolute atomic E-state index is 0.244. The molecule has 0 spiro atoms. The average Bonchev–Trinajstić information content (AvgIpc) is 2.73. The number of hydrogen-bond acceptors (Lipinski definition) is 7. The number of nitrogens with one attached hydrogen (secondary N) is 2. The zero-order chi connectivity index (χ0) is 21.9. The van der Waals surface area contributed by atoms with Crippen molar-refractivity contribution < 1.29 is 33.8 Å². The van der Waals surface area contributed by atoms with Gasteiger partial charge >= 0.3 is 23.8 Å². The number of hydrogen-bond donors (Lipinski definition) is 3. The van der Waals surface area contributed by atoms with Gasteiger partial charge in [0.25, 0.3) is 0 Å². The number of hydrazone groups is 1. The second kappa shape index (κ2) is 11.0. The zero-order valence-electron chi connectivity index (χ0n) is 16.0. The number of anilines is 1. The standard InChI is InChI=1S/C20H19N3O7/c1-2-29-20(28)13-7-9-15(10-8-13)22-18(26)19(27)23-21-11-14-5-3-4-6-16(14)30-12-17(24)25/h3-11H,2,12H2,1H3,(H,22,26)(H,23,27)(H,24,25)/b21-11+. The summed E-state index contributed by atoms with van der Waals surface area (Å²) in [4.78, 5) is 46.0. The Hall–Kier alpha value is -4.21. The fourth-order valence-corrected chi connectivity index (χ4v) is 2.16. The third-order valence-electron chi connectivity index (χ3n) is 3.50. The lowest BCUT2D eigenvalue weighted by Crippen LogP contribution is -2.32. The maximum Gasteiger partial charge on any atom is 0.341 e. The summed E-state index contributed by atoms with van der Waals surface area (Å²) in [5.74, 6) is -3.36. The van der Waals surface area contributed by atoms with Crippen LogP contribution in [0.5, 0.6) is 5.75 Å². The van der Waals surface area contributed by atoms with Gasteiger partial charge in [0.1, 0.15) is 5.75 Å². The van der Waals surface area contributed by atoms with Crippen LogP contribution in [0.4, 0.5) is 5.69 Å². The van der Waals surface area contributed by atoms with Gasteiger partial charge in [-0.2, -0.15) is 5.10 Å². The first-order valence-electron chi connectivity index (χ1n) is 8.76. The van der Waals surface area contributed by atoms with Crippen molar-refractivity contribution in [3.63, 3.8) is 0 Å². The van der Waals surface area contributed by atoms with E-state index in [2.05, 4.69) is 15.8 Å². The number of carbonyl (C=O) groups is 4. The van der Waals surface area contributed by atoms with Gasteiger partial charge < -0.3 is 19.9 Å². The Labute approximate surface area is 171 Å². The van der Waals surface area contributed by atoms with Gasteiger partial charge in [0.2, 0.25) is 0 Å². The number of ether oxygens (including phenoxy) is 2. The summed E-state index contributed by atoms with van der Waals surface area (Å²) in [5, 5.41) is 14.7. The van der Waals surface area contributed by atoms with Crippen LogP contribution in [-0.2, 0) is 19.1 Å². The lowest BCUT2D eigenvalue weighted by atomic mass is 10.2. The van der Waals surface area contributed by atoms with Crippen molar-refractivity contribution >= 4 is 35.7 Å². The molecule has 3 N–H and O–H groups in total. The minimum atomic E-state index is -1.14. The highest BCUT2D eigenvalue weighted by molar-refractivity contribution is 6.39. The number of carboxylic acid groups (broad SMARTS) is 1. The highest BCUT2D eigenvalue weighted by Gasteiger charge is 2.14. The van der Waals surface area contributed by atoms with Crippen molar-refractivity contribution in [1.82, 2.24) is 5.43 Å². The Balaban J connectivity index is 1.91. The summed E-state index contributed by atoms with van der Waals surface area (Å²) >= 11 is 0. The summed E-state index contributed by atoms with van der Waals surface area (Å²) in [6.45, 7) is 1.40. The van der Waals surface area contributed by atoms with Gasteiger partial charge in [0.15, 0.2) is 6.61 Å². The molecule has 30 heavy (non-hydrogen) atoms. The number of amides is 2. The van der Waals surface area contributed by atoms with E-state index in [0.717, 1.165) is 0 Å². The number of benzene rings is 2. The lowest BCUT2D eigenvalue weighted by molar-refractivity contribution is -0.139. The molecule has 0 bridgehead atoms. The fourth-order valence-electron chi connectivity index (χ4n) is 2.16. The van der Waals surface area contributed by atoms with Crippen molar-refractivity contribution in [3.05, 3.63) is 59.7 Å². The molecule has 0 aliphatic carbocycles. The normalized spacial score (nSPS) is 10.3. The maximum absolute atomic E-state index is 11.9. The molecule has 10 nitrogen and oxygen atoms in total. The number of carbonyl (C=O) groups excluding carboxylic acids is 3. The van der Waals surface area contributed by atoms with E-state index in [0.29, 0.717) is 16.8 Å². The van der Waals surface area contributed by atoms with Crippen LogP contribution >= 0.6 is 0 Å². The van der Waals surface area contributed by atoms with Crippen LogP contribution in [0.2, 0.25) is 0 Å². The molecular formula is C20H19N3O7. The van der Waals surface area contributed by atoms with E-state index >= 15 is 0 Å². The van der Waals surface area contributed by atoms with Gasteiger partial charge in [-0.3, -0.25) is 9.59 Å². The highest BCUT2D eigenvalue weighted by atomic mass is 16.5. The number of nitrogens with zero attached hydrogens (tertiary/aromatic N) is 1. The third kappa shape index (κ3) is 6.75. The van der Waals surface area contributed by atoms with Crippen molar-refractivity contribution in [1.29, 1.82) is 0 Å². The van der Waals surface area contributed by atoms with Crippen LogP contribution in [0.3, 0.4) is 0 Å². The molecule has 156 valence electrons. The van der Waals surface area contributed by atoms with Gasteiger partial charge in [-0.15, -0.1) is 0 Å². The van der Waals surface area contributed by atoms with E-state index in [-0.39, 0.29) is 12.4 Å². The largest absolute Gasteiger partial charge is 0.481 e. The number of esters is 1. The average molecular weight is 413 g/mol.